The molecule has 3 aromatic rings. The number of aryl methyl sites for hydroxylation is 1. The highest BCUT2D eigenvalue weighted by molar-refractivity contribution is 8.00. The van der Waals surface area contributed by atoms with Gasteiger partial charge in [-0.05, 0) is 31.5 Å². The van der Waals surface area contributed by atoms with Gasteiger partial charge >= 0.3 is 0 Å². The number of ketones is 1. The number of carbonyl (C=O) groups excluding carboxylic acids is 1. The topological polar surface area (TPSA) is 97.9 Å². The van der Waals surface area contributed by atoms with Gasteiger partial charge in [-0.1, -0.05) is 88.3 Å². The minimum Gasteiger partial charge on any atom is -0.306 e. The van der Waals surface area contributed by atoms with Crippen molar-refractivity contribution in [1.82, 2.24) is 25.6 Å². The number of hydrazine groups is 1. The molecule has 1 aliphatic heterocycles. The van der Waals surface area contributed by atoms with Crippen molar-refractivity contribution in [3.05, 3.63) is 65.5 Å². The highest BCUT2D eigenvalue weighted by Crippen LogP contribution is 2.30. The van der Waals surface area contributed by atoms with E-state index in [0.717, 1.165) is 28.7 Å². The van der Waals surface area contributed by atoms with Gasteiger partial charge in [-0.2, -0.15) is 0 Å². The summed E-state index contributed by atoms with van der Waals surface area (Å²) in [4.78, 5) is 11.4. The second kappa shape index (κ2) is 18.1. The van der Waals surface area contributed by atoms with E-state index in [2.05, 4.69) is 63.7 Å². The van der Waals surface area contributed by atoms with Gasteiger partial charge in [0.2, 0.25) is 0 Å². The molecule has 2 aromatic carbocycles. The Balaban J connectivity index is 0.000000347. The normalized spacial score (nSPS) is 15.9. The van der Waals surface area contributed by atoms with Gasteiger partial charge in [0.25, 0.3) is 0 Å². The van der Waals surface area contributed by atoms with Crippen molar-refractivity contribution in [3.8, 4) is 11.4 Å². The summed E-state index contributed by atoms with van der Waals surface area (Å²) in [7, 11) is 0. The molecular formula is C27H41FN6OS2. The third kappa shape index (κ3) is 10.6. The molecule has 7 nitrogen and oxygen atoms in total. The van der Waals surface area contributed by atoms with Gasteiger partial charge in [0.05, 0.1) is 11.1 Å². The molecule has 1 aromatic heterocycles. The number of hydrogen-bond acceptors (Lipinski definition) is 8. The van der Waals surface area contributed by atoms with E-state index in [-0.39, 0.29) is 22.5 Å². The lowest BCUT2D eigenvalue weighted by atomic mass is 10.1. The van der Waals surface area contributed by atoms with Gasteiger partial charge < -0.3 is 10.3 Å². The first-order valence-electron chi connectivity index (χ1n) is 12.7. The molecule has 4 rings (SSSR count). The van der Waals surface area contributed by atoms with E-state index >= 15 is 0 Å². The molecule has 0 aliphatic carbocycles. The molecule has 1 fully saturated rings. The zero-order valence-electron chi connectivity index (χ0n) is 22.9. The molecule has 37 heavy (non-hydrogen) atoms. The quantitative estimate of drug-likeness (QED) is 0.296. The molecule has 10 heteroatoms. The van der Waals surface area contributed by atoms with E-state index in [9.17, 15) is 9.18 Å². The van der Waals surface area contributed by atoms with Crippen LogP contribution in [0.5, 0.6) is 0 Å². The summed E-state index contributed by atoms with van der Waals surface area (Å²) in [5, 5.41) is 9.40. The van der Waals surface area contributed by atoms with E-state index < -0.39 is 0 Å². The molecule has 1 saturated heterocycles. The zero-order chi connectivity index (χ0) is 27.8. The van der Waals surface area contributed by atoms with Crippen molar-refractivity contribution >= 4 is 29.3 Å². The summed E-state index contributed by atoms with van der Waals surface area (Å²) in [6.45, 7) is 14.8. The van der Waals surface area contributed by atoms with Crippen LogP contribution >= 0.6 is 23.5 Å². The monoisotopic (exact) mass is 548 g/mol. The van der Waals surface area contributed by atoms with E-state index in [1.54, 1.807) is 23.9 Å². The van der Waals surface area contributed by atoms with Crippen molar-refractivity contribution < 1.29 is 9.18 Å². The minimum absolute atomic E-state index is 0.102. The van der Waals surface area contributed by atoms with Crippen molar-refractivity contribution in [2.24, 2.45) is 5.73 Å². The van der Waals surface area contributed by atoms with E-state index in [0.29, 0.717) is 12.2 Å². The van der Waals surface area contributed by atoms with Crippen LogP contribution in [0, 0.1) is 12.7 Å². The highest BCUT2D eigenvalue weighted by Gasteiger charge is 2.22. The van der Waals surface area contributed by atoms with E-state index in [1.807, 2.05) is 34.6 Å². The second-order valence-corrected chi connectivity index (χ2v) is 9.57. The Morgan fingerprint density at radius 2 is 1.65 bits per heavy atom. The molecule has 204 valence electrons. The number of nitrogens with one attached hydrogen (secondary N) is 2. The van der Waals surface area contributed by atoms with E-state index in [4.69, 9.17) is 5.73 Å². The van der Waals surface area contributed by atoms with Gasteiger partial charge in [0, 0.05) is 18.5 Å². The molecule has 1 aliphatic rings. The standard InChI is InChI=1S/C15H19N3OS.C8H10FN3S.2C2H6/c1-4-13(19)10-20-15-17-16-14(18(15)5-2)12-8-6-11(3)7-9-12;9-6-3-1-5(2-4-6)7-11-12-8(10)13-7;2*1-2/h6-9H,4-5,10H2,1-3H3;1-4,7-8,11-12H,10H2;2*1-2H3. The van der Waals surface area contributed by atoms with Gasteiger partial charge in [0.15, 0.2) is 11.0 Å². The number of rotatable bonds is 7. The van der Waals surface area contributed by atoms with Crippen LogP contribution in [0.1, 0.15) is 64.5 Å². The maximum Gasteiger partial charge on any atom is 0.191 e. The molecule has 0 amide bonds. The lowest BCUT2D eigenvalue weighted by molar-refractivity contribution is -0.116. The Kier molecular flexibility index (Phi) is 16.0. The fraction of sp³-hybridized carbons (Fsp3) is 0.444. The largest absolute Gasteiger partial charge is 0.306 e. The second-order valence-electron chi connectivity index (χ2n) is 7.37. The Labute approximate surface area is 229 Å². The zero-order valence-corrected chi connectivity index (χ0v) is 24.5. The van der Waals surface area contributed by atoms with Crippen LogP contribution in [0.3, 0.4) is 0 Å². The average Bonchev–Trinajstić information content (AvgIpc) is 3.56. The summed E-state index contributed by atoms with van der Waals surface area (Å²) in [5.41, 5.74) is 14.7. The Bertz CT molecular complexity index is 1040. The van der Waals surface area contributed by atoms with Gasteiger partial charge in [-0.25, -0.2) is 15.2 Å². The molecular weight excluding hydrogens is 507 g/mol. The minimum atomic E-state index is -0.219. The third-order valence-corrected chi connectivity index (χ3v) is 7.01. The van der Waals surface area contributed by atoms with Crippen molar-refractivity contribution in [1.29, 1.82) is 0 Å². The van der Waals surface area contributed by atoms with Crippen LogP contribution in [-0.2, 0) is 11.3 Å². The van der Waals surface area contributed by atoms with Crippen molar-refractivity contribution in [2.45, 2.75) is 77.5 Å². The molecule has 0 radical (unpaired) electrons. The summed E-state index contributed by atoms with van der Waals surface area (Å²) >= 11 is 3.02. The lowest BCUT2D eigenvalue weighted by Crippen LogP contribution is -2.35. The van der Waals surface area contributed by atoms with Crippen LogP contribution < -0.4 is 16.6 Å². The van der Waals surface area contributed by atoms with Crippen LogP contribution in [0.2, 0.25) is 0 Å². The number of carbonyl (C=O) groups is 1. The number of halogens is 1. The molecule has 2 heterocycles. The molecule has 2 unspecified atom stereocenters. The molecule has 0 spiro atoms. The lowest BCUT2D eigenvalue weighted by Gasteiger charge is -2.07. The summed E-state index contributed by atoms with van der Waals surface area (Å²) in [6, 6.07) is 14.6. The van der Waals surface area contributed by atoms with Crippen molar-refractivity contribution in [3.63, 3.8) is 0 Å². The van der Waals surface area contributed by atoms with E-state index in [1.165, 1.54) is 29.5 Å². The number of hydrogen-bond donors (Lipinski definition) is 3. The van der Waals surface area contributed by atoms with Gasteiger partial charge in [-0.15, -0.1) is 22.0 Å². The Morgan fingerprint density at radius 1 is 1.03 bits per heavy atom. The molecule has 2 atom stereocenters. The number of Topliss-reactive ketones (excluding diaryl/α,β-unsaturated/α-hetero) is 1. The summed E-state index contributed by atoms with van der Waals surface area (Å²) in [6.07, 6.45) is 0.568. The molecule has 0 bridgehead atoms. The van der Waals surface area contributed by atoms with Gasteiger partial charge in [-0.3, -0.25) is 4.79 Å². The van der Waals surface area contributed by atoms with Crippen LogP contribution in [0.15, 0.2) is 53.7 Å². The number of aromatic nitrogens is 3. The van der Waals surface area contributed by atoms with Crippen LogP contribution in [0.4, 0.5) is 4.39 Å². The van der Waals surface area contributed by atoms with Crippen LogP contribution in [0.25, 0.3) is 11.4 Å². The smallest absolute Gasteiger partial charge is 0.191 e. The van der Waals surface area contributed by atoms with Gasteiger partial charge in [0.1, 0.15) is 17.1 Å². The first kappa shape index (κ1) is 32.8. The first-order chi connectivity index (χ1) is 17.9. The Hall–Kier alpha value is -2.24. The number of benzene rings is 2. The number of thioether (sulfide) groups is 2. The maximum atomic E-state index is 12.6. The fourth-order valence-corrected chi connectivity index (χ4v) is 4.86. The predicted octanol–water partition coefficient (Wildman–Crippen LogP) is 6.30. The average molecular weight is 549 g/mol. The first-order valence-corrected chi connectivity index (χ1v) is 14.7. The fourth-order valence-electron chi connectivity index (χ4n) is 3.02. The maximum absolute atomic E-state index is 12.6. The summed E-state index contributed by atoms with van der Waals surface area (Å²) < 4.78 is 14.6. The highest BCUT2D eigenvalue weighted by atomic mass is 32.2. The summed E-state index contributed by atoms with van der Waals surface area (Å²) in [5.74, 6) is 1.34. The number of nitrogens with zero attached hydrogens (tertiary/aromatic N) is 3. The van der Waals surface area contributed by atoms with Crippen molar-refractivity contribution in [2.75, 3.05) is 5.75 Å². The number of nitrogens with two attached hydrogens (primary N) is 1. The predicted molar refractivity (Wildman–Crippen MR) is 156 cm³/mol. The molecule has 0 saturated carbocycles. The Morgan fingerprint density at radius 3 is 2.16 bits per heavy atom. The van der Waals surface area contributed by atoms with Crippen LogP contribution in [-0.4, -0.2) is 31.8 Å². The molecule has 4 N–H and O–H groups in total. The third-order valence-electron chi connectivity index (χ3n) is 4.91. The SMILES string of the molecule is CC.CC.CCC(=O)CSc1nnc(-c2ccc(C)cc2)n1CC.NC1NNC(c2ccc(F)cc2)S1.